The first-order valence-electron chi connectivity index (χ1n) is 5.74. The fraction of sp³-hybridized carbons (Fsp3) is 0.727. The van der Waals surface area contributed by atoms with Crippen LogP contribution in [0.1, 0.15) is 24.5 Å². The van der Waals surface area contributed by atoms with Crippen molar-refractivity contribution in [1.82, 2.24) is 14.5 Å². The lowest BCUT2D eigenvalue weighted by atomic mass is 10.3. The number of hydrogen-bond acceptors (Lipinski definition) is 4. The van der Waals surface area contributed by atoms with Gasteiger partial charge in [-0.3, -0.25) is 4.90 Å². The zero-order valence-corrected chi connectivity index (χ0v) is 10.0. The first kappa shape index (κ1) is 11.6. The van der Waals surface area contributed by atoms with E-state index in [0.717, 1.165) is 44.4 Å². The molecule has 0 radical (unpaired) electrons. The Balaban J connectivity index is 2.03. The molecule has 2 N–H and O–H groups in total. The van der Waals surface area contributed by atoms with Crippen LogP contribution in [0.5, 0.6) is 0 Å². The van der Waals surface area contributed by atoms with Gasteiger partial charge in [0.05, 0.1) is 31.6 Å². The average Bonchev–Trinajstić information content (AvgIpc) is 2.62. The summed E-state index contributed by atoms with van der Waals surface area (Å²) in [5, 5.41) is 0. The van der Waals surface area contributed by atoms with Gasteiger partial charge < -0.3 is 15.0 Å². The molecule has 1 unspecified atom stereocenters. The Morgan fingerprint density at radius 2 is 2.19 bits per heavy atom. The van der Waals surface area contributed by atoms with Crippen LogP contribution in [0.2, 0.25) is 0 Å². The zero-order chi connectivity index (χ0) is 11.5. The second-order valence-electron chi connectivity index (χ2n) is 4.34. The van der Waals surface area contributed by atoms with Gasteiger partial charge in [-0.05, 0) is 6.92 Å². The predicted molar refractivity (Wildman–Crippen MR) is 61.9 cm³/mol. The highest BCUT2D eigenvalue weighted by atomic mass is 16.5. The molecule has 0 saturated carbocycles. The zero-order valence-electron chi connectivity index (χ0n) is 10.0. The smallest absolute Gasteiger partial charge is 0.122 e. The Morgan fingerprint density at radius 3 is 2.75 bits per heavy atom. The van der Waals surface area contributed by atoms with Gasteiger partial charge in [0, 0.05) is 26.2 Å². The highest BCUT2D eigenvalue weighted by molar-refractivity contribution is 5.08. The van der Waals surface area contributed by atoms with E-state index >= 15 is 0 Å². The van der Waals surface area contributed by atoms with Crippen LogP contribution in [0.15, 0.2) is 6.20 Å². The molecular weight excluding hydrogens is 204 g/mol. The second-order valence-corrected chi connectivity index (χ2v) is 4.34. The number of imidazole rings is 1. The number of rotatable bonds is 3. The number of hydrogen-bond donors (Lipinski definition) is 1. The summed E-state index contributed by atoms with van der Waals surface area (Å²) < 4.78 is 7.42. The topological polar surface area (TPSA) is 56.3 Å². The summed E-state index contributed by atoms with van der Waals surface area (Å²) in [6, 6.07) is 0.0379. The van der Waals surface area contributed by atoms with E-state index in [1.165, 1.54) is 0 Å². The van der Waals surface area contributed by atoms with Crippen LogP contribution in [0.4, 0.5) is 0 Å². The fourth-order valence-electron chi connectivity index (χ4n) is 1.99. The lowest BCUT2D eigenvalue weighted by molar-refractivity contribution is 0.0327. The molecule has 1 saturated heterocycles. The summed E-state index contributed by atoms with van der Waals surface area (Å²) in [4.78, 5) is 6.79. The van der Waals surface area contributed by atoms with E-state index in [-0.39, 0.29) is 6.04 Å². The van der Waals surface area contributed by atoms with E-state index < -0.39 is 0 Å². The van der Waals surface area contributed by atoms with E-state index in [9.17, 15) is 0 Å². The standard InChI is InChI=1S/C11H20N4O/c1-9(12)10-7-13-11(14(10)2)8-15-3-5-16-6-4-15/h7,9H,3-6,8,12H2,1-2H3. The monoisotopic (exact) mass is 224 g/mol. The summed E-state index contributed by atoms with van der Waals surface area (Å²) in [6.45, 7) is 6.48. The van der Waals surface area contributed by atoms with Crippen molar-refractivity contribution in [3.63, 3.8) is 0 Å². The minimum Gasteiger partial charge on any atom is -0.379 e. The molecule has 1 fully saturated rings. The lowest BCUT2D eigenvalue weighted by Crippen LogP contribution is -2.36. The lowest BCUT2D eigenvalue weighted by Gasteiger charge is -2.26. The molecule has 0 aliphatic carbocycles. The molecule has 0 amide bonds. The maximum absolute atomic E-state index is 5.87. The summed E-state index contributed by atoms with van der Waals surface area (Å²) in [5.41, 5.74) is 6.95. The van der Waals surface area contributed by atoms with Crippen molar-refractivity contribution in [2.75, 3.05) is 26.3 Å². The van der Waals surface area contributed by atoms with Crippen molar-refractivity contribution in [3.8, 4) is 0 Å². The van der Waals surface area contributed by atoms with Crippen LogP contribution in [0, 0.1) is 0 Å². The van der Waals surface area contributed by atoms with Crippen LogP contribution in [0.25, 0.3) is 0 Å². The van der Waals surface area contributed by atoms with Crippen molar-refractivity contribution in [2.24, 2.45) is 12.8 Å². The van der Waals surface area contributed by atoms with Crippen molar-refractivity contribution in [3.05, 3.63) is 17.7 Å². The highest BCUT2D eigenvalue weighted by Crippen LogP contribution is 2.12. The van der Waals surface area contributed by atoms with Crippen LogP contribution in [-0.4, -0.2) is 40.8 Å². The number of aromatic nitrogens is 2. The Morgan fingerprint density at radius 1 is 1.50 bits per heavy atom. The van der Waals surface area contributed by atoms with Crippen LogP contribution in [0.3, 0.4) is 0 Å². The third kappa shape index (κ3) is 2.42. The molecule has 1 aromatic heterocycles. The van der Waals surface area contributed by atoms with Crippen molar-refractivity contribution in [1.29, 1.82) is 0 Å². The quantitative estimate of drug-likeness (QED) is 0.801. The first-order valence-corrected chi connectivity index (χ1v) is 5.74. The van der Waals surface area contributed by atoms with E-state index in [1.54, 1.807) is 0 Å². The third-order valence-electron chi connectivity index (χ3n) is 3.06. The van der Waals surface area contributed by atoms with Gasteiger partial charge in [0.15, 0.2) is 0 Å². The molecular formula is C11H20N4O. The molecule has 1 aromatic rings. The summed E-state index contributed by atoms with van der Waals surface area (Å²) in [6.07, 6.45) is 1.88. The van der Waals surface area contributed by atoms with Gasteiger partial charge in [0.25, 0.3) is 0 Å². The van der Waals surface area contributed by atoms with Crippen LogP contribution < -0.4 is 5.73 Å². The molecule has 5 heteroatoms. The maximum atomic E-state index is 5.87. The summed E-state index contributed by atoms with van der Waals surface area (Å²) in [7, 11) is 2.03. The highest BCUT2D eigenvalue weighted by Gasteiger charge is 2.15. The number of morpholine rings is 1. The summed E-state index contributed by atoms with van der Waals surface area (Å²) in [5.74, 6) is 1.08. The third-order valence-corrected chi connectivity index (χ3v) is 3.06. The second kappa shape index (κ2) is 4.95. The van der Waals surface area contributed by atoms with Crippen molar-refractivity contribution < 1.29 is 4.74 Å². The SMILES string of the molecule is CC(N)c1cnc(CN2CCOCC2)n1C. The molecule has 0 aromatic carbocycles. The van der Waals surface area contributed by atoms with Gasteiger partial charge in [-0.15, -0.1) is 0 Å². The normalized spacial score (nSPS) is 19.9. The molecule has 90 valence electrons. The molecule has 2 rings (SSSR count). The molecule has 2 heterocycles. The van der Waals surface area contributed by atoms with Crippen LogP contribution in [-0.2, 0) is 18.3 Å². The maximum Gasteiger partial charge on any atom is 0.122 e. The number of nitrogens with two attached hydrogens (primary N) is 1. The molecule has 16 heavy (non-hydrogen) atoms. The minimum atomic E-state index is 0.0379. The van der Waals surface area contributed by atoms with Crippen LogP contribution >= 0.6 is 0 Å². The van der Waals surface area contributed by atoms with E-state index in [4.69, 9.17) is 10.5 Å². The Bertz CT molecular complexity index is 342. The predicted octanol–water partition coefficient (Wildman–Crippen LogP) is 0.272. The average molecular weight is 224 g/mol. The van der Waals surface area contributed by atoms with Gasteiger partial charge in [-0.25, -0.2) is 4.98 Å². The molecule has 1 aliphatic rings. The molecule has 1 aliphatic heterocycles. The Kier molecular flexibility index (Phi) is 3.58. The van der Waals surface area contributed by atoms with Crippen molar-refractivity contribution >= 4 is 0 Å². The molecule has 0 bridgehead atoms. The van der Waals surface area contributed by atoms with Gasteiger partial charge in [0.2, 0.25) is 0 Å². The Hall–Kier alpha value is -0.910. The van der Waals surface area contributed by atoms with Gasteiger partial charge >= 0.3 is 0 Å². The molecule has 0 spiro atoms. The summed E-state index contributed by atoms with van der Waals surface area (Å²) >= 11 is 0. The number of nitrogens with zero attached hydrogens (tertiary/aromatic N) is 3. The van der Waals surface area contributed by atoms with E-state index in [0.29, 0.717) is 0 Å². The largest absolute Gasteiger partial charge is 0.379 e. The van der Waals surface area contributed by atoms with Crippen molar-refractivity contribution in [2.45, 2.75) is 19.5 Å². The number of ether oxygens (including phenoxy) is 1. The Labute approximate surface area is 96.2 Å². The van der Waals surface area contributed by atoms with Gasteiger partial charge in [0.1, 0.15) is 5.82 Å². The van der Waals surface area contributed by atoms with Gasteiger partial charge in [-0.2, -0.15) is 0 Å². The van der Waals surface area contributed by atoms with E-state index in [1.807, 2.05) is 20.2 Å². The first-order chi connectivity index (χ1) is 7.68. The minimum absolute atomic E-state index is 0.0379. The molecule has 5 nitrogen and oxygen atoms in total. The van der Waals surface area contributed by atoms with E-state index in [2.05, 4.69) is 14.5 Å². The fourth-order valence-corrected chi connectivity index (χ4v) is 1.99. The molecule has 1 atom stereocenters. The van der Waals surface area contributed by atoms with Gasteiger partial charge in [-0.1, -0.05) is 0 Å².